The topological polar surface area (TPSA) is 37.4 Å². The van der Waals surface area contributed by atoms with Crippen LogP contribution in [0.1, 0.15) is 37.7 Å². The Morgan fingerprint density at radius 1 is 0.793 bits per heavy atom. The van der Waals surface area contributed by atoms with Crippen molar-refractivity contribution in [3.63, 3.8) is 0 Å². The molecule has 6 bridgehead atoms. The van der Waals surface area contributed by atoms with Gasteiger partial charge in [-0.3, -0.25) is 9.59 Å². The highest BCUT2D eigenvalue weighted by atomic mass is 16.2. The van der Waals surface area contributed by atoms with E-state index in [-0.39, 0.29) is 35.5 Å². The number of hydrogen-bond donors (Lipinski definition) is 0. The molecule has 8 rings (SSSR count). The van der Waals surface area contributed by atoms with Gasteiger partial charge in [-0.1, -0.05) is 35.4 Å². The molecule has 0 aromatic heterocycles. The summed E-state index contributed by atoms with van der Waals surface area (Å²) in [6.07, 6.45) is 11.4. The van der Waals surface area contributed by atoms with Crippen molar-refractivity contribution in [3.05, 3.63) is 53.1 Å². The lowest BCUT2D eigenvalue weighted by Gasteiger charge is -2.52. The Hall–Kier alpha value is -2.16. The number of hydrogen-bond acceptors (Lipinski definition) is 2. The smallest absolute Gasteiger partial charge is 0.238 e. The zero-order valence-corrected chi connectivity index (χ0v) is 16.9. The van der Waals surface area contributed by atoms with Crippen molar-refractivity contribution in [2.75, 3.05) is 4.90 Å². The molecule has 0 unspecified atom stereocenters. The highest BCUT2D eigenvalue weighted by Gasteiger charge is 2.63. The average molecular weight is 386 g/mol. The van der Waals surface area contributed by atoms with Crippen molar-refractivity contribution in [1.29, 1.82) is 0 Å². The second-order valence-corrected chi connectivity index (χ2v) is 10.6. The van der Waals surface area contributed by atoms with Crippen molar-refractivity contribution in [2.45, 2.75) is 39.0 Å². The molecule has 0 spiro atoms. The molecule has 3 heteroatoms. The number of amides is 2. The first-order chi connectivity index (χ1) is 14.1. The van der Waals surface area contributed by atoms with E-state index in [1.54, 1.807) is 5.57 Å². The number of fused-ring (bicyclic) bond motifs is 5. The second-order valence-electron chi connectivity index (χ2n) is 10.6. The third kappa shape index (κ3) is 2.04. The molecule has 5 saturated carbocycles. The maximum atomic E-state index is 13.5. The number of imide groups is 1. The third-order valence-corrected chi connectivity index (χ3v) is 9.03. The minimum absolute atomic E-state index is 0.0318. The molecule has 4 atom stereocenters. The molecule has 29 heavy (non-hydrogen) atoms. The maximum Gasteiger partial charge on any atom is 0.238 e. The molecule has 3 nitrogen and oxygen atoms in total. The number of aryl methyl sites for hydroxylation is 1. The molecular formula is C26H27NO2. The van der Waals surface area contributed by atoms with Gasteiger partial charge < -0.3 is 0 Å². The van der Waals surface area contributed by atoms with Crippen LogP contribution in [0.3, 0.4) is 0 Å². The van der Waals surface area contributed by atoms with Crippen molar-refractivity contribution in [2.24, 2.45) is 47.3 Å². The van der Waals surface area contributed by atoms with E-state index >= 15 is 0 Å². The van der Waals surface area contributed by atoms with Gasteiger partial charge in [0.25, 0.3) is 0 Å². The summed E-state index contributed by atoms with van der Waals surface area (Å²) < 4.78 is 0. The van der Waals surface area contributed by atoms with Gasteiger partial charge in [-0.25, -0.2) is 4.90 Å². The molecule has 0 radical (unpaired) electrons. The van der Waals surface area contributed by atoms with Gasteiger partial charge in [0.2, 0.25) is 11.8 Å². The number of rotatable bonds is 1. The van der Waals surface area contributed by atoms with Crippen LogP contribution in [-0.2, 0) is 9.59 Å². The SMILES string of the molecule is Cc1cccc(N2C(=O)[C@H]3[C@H](C2=O)[C@@H]2C=C[C@@H]3C2=C2C3CC4CC(C3)CC2C4)c1. The van der Waals surface area contributed by atoms with Crippen LogP contribution < -0.4 is 4.90 Å². The number of nitrogens with zero attached hydrogens (tertiary/aromatic N) is 1. The molecule has 1 heterocycles. The lowest BCUT2D eigenvalue weighted by molar-refractivity contribution is -0.122. The molecule has 148 valence electrons. The summed E-state index contributed by atoms with van der Waals surface area (Å²) in [4.78, 5) is 28.5. The van der Waals surface area contributed by atoms with Crippen LogP contribution in [0, 0.1) is 54.3 Å². The first-order valence-electron chi connectivity index (χ1n) is 11.5. The Balaban J connectivity index is 1.29. The number of carbonyl (C=O) groups is 2. The molecule has 1 aromatic carbocycles. The largest absolute Gasteiger partial charge is 0.274 e. The van der Waals surface area contributed by atoms with Crippen molar-refractivity contribution in [1.82, 2.24) is 0 Å². The monoisotopic (exact) mass is 385 g/mol. The van der Waals surface area contributed by atoms with Gasteiger partial charge in [0.05, 0.1) is 17.5 Å². The molecular weight excluding hydrogens is 358 g/mol. The summed E-state index contributed by atoms with van der Waals surface area (Å²) in [5, 5.41) is 0. The Morgan fingerprint density at radius 2 is 1.38 bits per heavy atom. The van der Waals surface area contributed by atoms with Crippen LogP contribution in [0.4, 0.5) is 5.69 Å². The summed E-state index contributed by atoms with van der Waals surface area (Å²) in [6, 6.07) is 7.81. The fourth-order valence-corrected chi connectivity index (χ4v) is 8.33. The highest BCUT2D eigenvalue weighted by Crippen LogP contribution is 2.63. The maximum absolute atomic E-state index is 13.5. The fourth-order valence-electron chi connectivity index (χ4n) is 8.33. The Kier molecular flexibility index (Phi) is 3.15. The highest BCUT2D eigenvalue weighted by molar-refractivity contribution is 6.23. The van der Waals surface area contributed by atoms with Crippen LogP contribution in [0.15, 0.2) is 47.6 Å². The van der Waals surface area contributed by atoms with E-state index < -0.39 is 0 Å². The minimum atomic E-state index is -0.169. The Morgan fingerprint density at radius 3 is 1.93 bits per heavy atom. The first-order valence-corrected chi connectivity index (χ1v) is 11.5. The van der Waals surface area contributed by atoms with Crippen LogP contribution >= 0.6 is 0 Å². The second kappa shape index (κ2) is 5.50. The van der Waals surface area contributed by atoms with E-state index in [1.807, 2.05) is 31.2 Å². The van der Waals surface area contributed by atoms with E-state index in [2.05, 4.69) is 12.2 Å². The lowest BCUT2D eigenvalue weighted by Crippen LogP contribution is -2.41. The molecule has 1 aromatic rings. The van der Waals surface area contributed by atoms with Gasteiger partial charge in [-0.2, -0.15) is 0 Å². The average Bonchev–Trinajstić information content (AvgIpc) is 3.31. The van der Waals surface area contributed by atoms with E-state index in [4.69, 9.17) is 0 Å². The van der Waals surface area contributed by atoms with Gasteiger partial charge in [0.15, 0.2) is 0 Å². The number of anilines is 1. The van der Waals surface area contributed by atoms with Crippen LogP contribution in [0.2, 0.25) is 0 Å². The van der Waals surface area contributed by atoms with E-state index in [1.165, 1.54) is 42.6 Å². The number of carbonyl (C=O) groups excluding carboxylic acids is 2. The van der Waals surface area contributed by atoms with E-state index in [0.717, 1.165) is 34.9 Å². The lowest BCUT2D eigenvalue weighted by atomic mass is 9.53. The van der Waals surface area contributed by atoms with Gasteiger partial charge in [-0.15, -0.1) is 0 Å². The molecule has 7 aliphatic rings. The van der Waals surface area contributed by atoms with Gasteiger partial charge in [0.1, 0.15) is 0 Å². The molecule has 6 aliphatic carbocycles. The third-order valence-electron chi connectivity index (χ3n) is 9.03. The van der Waals surface area contributed by atoms with Crippen molar-refractivity contribution >= 4 is 17.5 Å². The quantitative estimate of drug-likeness (QED) is 0.520. The van der Waals surface area contributed by atoms with E-state index in [0.29, 0.717) is 0 Å². The summed E-state index contributed by atoms with van der Waals surface area (Å²) in [5.74, 6) is 3.42. The minimum Gasteiger partial charge on any atom is -0.274 e. The standard InChI is InChI=1S/C26H27NO2/c1-13-3-2-4-18(7-13)27-25(28)23-19-5-6-20(24(23)26(27)29)22(19)21-16-9-14-8-15(11-16)12-17(21)10-14/h2-7,14-17,19-20,23-24H,8-12H2,1H3/t14?,15?,16?,17?,19-,20-,23-,24-/m1/s1. The van der Waals surface area contributed by atoms with Gasteiger partial charge in [-0.05, 0) is 80.4 Å². The van der Waals surface area contributed by atoms with E-state index in [9.17, 15) is 9.59 Å². The number of allylic oxidation sites excluding steroid dienone is 4. The Bertz CT molecular complexity index is 953. The molecule has 2 amide bonds. The van der Waals surface area contributed by atoms with Crippen LogP contribution in [0.25, 0.3) is 0 Å². The first kappa shape index (κ1) is 16.6. The van der Waals surface area contributed by atoms with Crippen LogP contribution in [0.5, 0.6) is 0 Å². The summed E-state index contributed by atoms with van der Waals surface area (Å²) in [7, 11) is 0. The normalized spacial score (nSPS) is 43.8. The summed E-state index contributed by atoms with van der Waals surface area (Å²) >= 11 is 0. The molecule has 0 N–H and O–H groups in total. The predicted octanol–water partition coefficient (Wildman–Crippen LogP) is 4.67. The molecule has 6 fully saturated rings. The van der Waals surface area contributed by atoms with Gasteiger partial charge in [0, 0.05) is 11.8 Å². The predicted molar refractivity (Wildman–Crippen MR) is 111 cm³/mol. The summed E-state index contributed by atoms with van der Waals surface area (Å²) in [5.41, 5.74) is 5.05. The molecule has 1 aliphatic heterocycles. The van der Waals surface area contributed by atoms with Gasteiger partial charge >= 0.3 is 0 Å². The number of benzene rings is 1. The van der Waals surface area contributed by atoms with Crippen molar-refractivity contribution < 1.29 is 9.59 Å². The fraction of sp³-hybridized carbons (Fsp3) is 0.538. The molecule has 1 saturated heterocycles. The zero-order chi connectivity index (χ0) is 19.4. The van der Waals surface area contributed by atoms with Crippen molar-refractivity contribution in [3.8, 4) is 0 Å². The zero-order valence-electron chi connectivity index (χ0n) is 16.9. The Labute approximate surface area is 171 Å². The van der Waals surface area contributed by atoms with Crippen LogP contribution in [-0.4, -0.2) is 11.8 Å². The summed E-state index contributed by atoms with van der Waals surface area (Å²) in [6.45, 7) is 2.01.